The van der Waals surface area contributed by atoms with Crippen LogP contribution in [0.25, 0.3) is 66.6 Å². The van der Waals surface area contributed by atoms with Gasteiger partial charge in [0.15, 0.2) is 0 Å². The fraction of sp³-hybridized carbons (Fsp3) is 0. The summed E-state index contributed by atoms with van der Waals surface area (Å²) in [4.78, 5) is 23.6. The molecule has 0 aliphatic rings. The Bertz CT molecular complexity index is 3490. The van der Waals surface area contributed by atoms with Gasteiger partial charge < -0.3 is 14.9 Å². The third kappa shape index (κ3) is 11.1. The van der Waals surface area contributed by atoms with Gasteiger partial charge in [0.2, 0.25) is 0 Å². The molecule has 0 spiro atoms. The van der Waals surface area contributed by atoms with E-state index in [1.807, 2.05) is 146 Å². The second-order valence-corrected chi connectivity index (χ2v) is 16.4. The van der Waals surface area contributed by atoms with E-state index in [2.05, 4.69) is 143 Å². The fourth-order valence-electron chi connectivity index (χ4n) is 8.38. The third-order valence-corrected chi connectivity index (χ3v) is 11.8. The molecule has 0 atom stereocenters. The minimum Gasteiger partial charge on any atom is -0.346 e. The summed E-state index contributed by atoms with van der Waals surface area (Å²) in [6.45, 7) is 0. The SMILES string of the molecule is [Pt+2].[Pt+2].[c-]1c(-c2cc3ccccc3cn2)cccc1N(c1[c-]c(-c2cc3ccccc3cn2)ccc1)c1ccccc1.[c-]1ccccc1-c1cccc(N(c2ccccc2)c2cccc(-c3[c-]cccc3)n2)n1. The summed E-state index contributed by atoms with van der Waals surface area (Å²) in [5.74, 6) is 1.59. The minimum absolute atomic E-state index is 0. The van der Waals surface area contributed by atoms with E-state index in [4.69, 9.17) is 19.9 Å². The number of hydrogen-bond acceptors (Lipinski definition) is 6. The molecular weight excluding hydrogens is 1240 g/mol. The van der Waals surface area contributed by atoms with E-state index in [0.29, 0.717) is 0 Å². The standard InChI is InChI=1S/C36H23N3.C28H19N3.2Pt/c1-2-16-32(17-3-1)39(33-18-8-14-28(20-33)35-22-26-10-4-6-12-30(26)24-37-35)34-19-9-15-29(21-34)36-23-27-11-5-7-13-31(27)25-38-36;1-4-12-22(13-5-1)25-18-10-20-27(29-25)31(24-16-8-3-9-17-24)28-21-11-19-26(30-28)23-14-6-2-7-15-23;;/h1-19,22-25H;1-12,14,16-21H;;/q2*-2;2*+2. The quantitative estimate of drug-likeness (QED) is 0.127. The summed E-state index contributed by atoms with van der Waals surface area (Å²) >= 11 is 0. The number of hydrogen-bond donors (Lipinski definition) is 0. The van der Waals surface area contributed by atoms with Crippen molar-refractivity contribution in [2.75, 3.05) is 9.80 Å². The van der Waals surface area contributed by atoms with Crippen molar-refractivity contribution in [1.82, 2.24) is 19.9 Å². The molecule has 0 saturated carbocycles. The zero-order valence-electron chi connectivity index (χ0n) is 38.6. The Hall–Kier alpha value is -8.14. The van der Waals surface area contributed by atoms with E-state index >= 15 is 0 Å². The normalized spacial score (nSPS) is 10.6. The Morgan fingerprint density at radius 1 is 0.306 bits per heavy atom. The number of pyridine rings is 4. The molecule has 12 aromatic rings. The Kier molecular flexibility index (Phi) is 15.7. The molecular formula is C64H42N6Pt2. The van der Waals surface area contributed by atoms with E-state index in [9.17, 15) is 0 Å². The van der Waals surface area contributed by atoms with Gasteiger partial charge in [-0.2, -0.15) is 0 Å². The molecule has 0 aliphatic carbocycles. The number of para-hydroxylation sites is 2. The van der Waals surface area contributed by atoms with Crippen LogP contribution in [-0.4, -0.2) is 19.9 Å². The van der Waals surface area contributed by atoms with Crippen LogP contribution < -0.4 is 9.80 Å². The van der Waals surface area contributed by atoms with Crippen LogP contribution in [0.4, 0.5) is 34.4 Å². The first-order valence-corrected chi connectivity index (χ1v) is 23.0. The van der Waals surface area contributed by atoms with Crippen molar-refractivity contribution >= 4 is 55.9 Å². The van der Waals surface area contributed by atoms with Gasteiger partial charge in [-0.25, -0.2) is 0 Å². The molecule has 0 amide bonds. The molecule has 72 heavy (non-hydrogen) atoms. The molecule has 8 heteroatoms. The third-order valence-electron chi connectivity index (χ3n) is 11.8. The molecule has 0 aliphatic heterocycles. The van der Waals surface area contributed by atoms with Crippen LogP contribution in [0.1, 0.15) is 0 Å². The Balaban J connectivity index is 0.000000177. The van der Waals surface area contributed by atoms with Gasteiger partial charge in [-0.1, -0.05) is 121 Å². The Labute approximate surface area is 448 Å². The van der Waals surface area contributed by atoms with Gasteiger partial charge in [0.1, 0.15) is 11.6 Å². The predicted octanol–water partition coefficient (Wildman–Crippen LogP) is 16.1. The number of aromatic nitrogens is 4. The van der Waals surface area contributed by atoms with Crippen LogP contribution in [0, 0.1) is 24.3 Å². The van der Waals surface area contributed by atoms with E-state index in [1.165, 1.54) is 0 Å². The largest absolute Gasteiger partial charge is 2.00 e. The molecule has 12 rings (SSSR count). The summed E-state index contributed by atoms with van der Waals surface area (Å²) in [5, 5.41) is 4.56. The Morgan fingerprint density at radius 3 is 1.14 bits per heavy atom. The van der Waals surface area contributed by atoms with E-state index in [0.717, 1.165) is 101 Å². The first-order valence-electron chi connectivity index (χ1n) is 23.0. The first kappa shape index (κ1) is 48.9. The van der Waals surface area contributed by atoms with Crippen LogP contribution in [0.3, 0.4) is 0 Å². The van der Waals surface area contributed by atoms with Gasteiger partial charge in [-0.15, -0.1) is 131 Å². The van der Waals surface area contributed by atoms with Gasteiger partial charge in [-0.05, 0) is 92.1 Å². The number of nitrogens with zero attached hydrogens (tertiary/aromatic N) is 6. The number of anilines is 6. The molecule has 8 aromatic carbocycles. The summed E-state index contributed by atoms with van der Waals surface area (Å²) in [7, 11) is 0. The molecule has 4 aromatic heterocycles. The number of benzene rings is 8. The molecule has 0 saturated heterocycles. The van der Waals surface area contributed by atoms with Crippen LogP contribution in [0.2, 0.25) is 0 Å². The van der Waals surface area contributed by atoms with Gasteiger partial charge in [0, 0.05) is 23.8 Å². The maximum absolute atomic E-state index is 4.95. The van der Waals surface area contributed by atoms with Crippen LogP contribution >= 0.6 is 0 Å². The Morgan fingerprint density at radius 2 is 0.694 bits per heavy atom. The summed E-state index contributed by atoms with van der Waals surface area (Å²) < 4.78 is 0. The van der Waals surface area contributed by atoms with Gasteiger partial charge in [0.25, 0.3) is 0 Å². The van der Waals surface area contributed by atoms with Crippen molar-refractivity contribution in [2.45, 2.75) is 0 Å². The van der Waals surface area contributed by atoms with Crippen molar-refractivity contribution in [3.63, 3.8) is 0 Å². The second-order valence-electron chi connectivity index (χ2n) is 16.4. The van der Waals surface area contributed by atoms with Gasteiger partial charge >= 0.3 is 42.1 Å². The maximum Gasteiger partial charge on any atom is 2.00 e. The van der Waals surface area contributed by atoms with Gasteiger partial charge in [0.05, 0.1) is 0 Å². The van der Waals surface area contributed by atoms with Crippen LogP contribution in [0.15, 0.2) is 255 Å². The predicted molar refractivity (Wildman–Crippen MR) is 286 cm³/mol. The first-order chi connectivity index (χ1) is 34.7. The topological polar surface area (TPSA) is 58.0 Å². The van der Waals surface area contributed by atoms with Crippen LogP contribution in [0.5, 0.6) is 0 Å². The van der Waals surface area contributed by atoms with Crippen molar-refractivity contribution < 1.29 is 42.1 Å². The smallest absolute Gasteiger partial charge is 0.346 e. The van der Waals surface area contributed by atoms with Crippen LogP contribution in [-0.2, 0) is 42.1 Å². The summed E-state index contributed by atoms with van der Waals surface area (Å²) in [6, 6.07) is 95.3. The molecule has 6 nitrogen and oxygen atoms in total. The van der Waals surface area contributed by atoms with Crippen molar-refractivity contribution in [3.8, 4) is 45.0 Å². The van der Waals surface area contributed by atoms with E-state index in [1.54, 1.807) is 0 Å². The molecule has 0 fully saturated rings. The van der Waals surface area contributed by atoms with E-state index in [-0.39, 0.29) is 42.1 Å². The summed E-state index contributed by atoms with van der Waals surface area (Å²) in [5.41, 5.74) is 11.1. The summed E-state index contributed by atoms with van der Waals surface area (Å²) in [6.07, 6.45) is 3.85. The zero-order valence-corrected chi connectivity index (χ0v) is 43.1. The van der Waals surface area contributed by atoms with Crippen molar-refractivity contribution in [3.05, 3.63) is 279 Å². The number of rotatable bonds is 10. The van der Waals surface area contributed by atoms with Crippen molar-refractivity contribution in [1.29, 1.82) is 0 Å². The monoisotopic (exact) mass is 1280 g/mol. The maximum atomic E-state index is 4.95. The molecule has 4 heterocycles. The average Bonchev–Trinajstić information content (AvgIpc) is 3.44. The minimum atomic E-state index is 0. The average molecular weight is 1290 g/mol. The van der Waals surface area contributed by atoms with E-state index < -0.39 is 0 Å². The molecule has 0 N–H and O–H groups in total. The molecule has 0 unspecified atom stereocenters. The molecule has 348 valence electrons. The van der Waals surface area contributed by atoms with Crippen molar-refractivity contribution in [2.24, 2.45) is 0 Å². The second kappa shape index (κ2) is 23.2. The zero-order chi connectivity index (χ0) is 46.9. The fourth-order valence-corrected chi connectivity index (χ4v) is 8.38. The molecule has 0 radical (unpaired) electrons. The number of fused-ring (bicyclic) bond motifs is 2. The van der Waals surface area contributed by atoms with Gasteiger partial charge in [-0.3, -0.25) is 14.9 Å². The molecule has 0 bridgehead atoms.